The molecule has 0 bridgehead atoms. The van der Waals surface area contributed by atoms with E-state index in [0.717, 1.165) is 22.7 Å². The van der Waals surface area contributed by atoms with E-state index in [-0.39, 0.29) is 0 Å². The number of anilines is 2. The van der Waals surface area contributed by atoms with E-state index in [1.165, 1.54) is 0 Å². The van der Waals surface area contributed by atoms with Crippen molar-refractivity contribution in [3.63, 3.8) is 0 Å². The average Bonchev–Trinajstić information content (AvgIpc) is 2.79. The van der Waals surface area contributed by atoms with Crippen molar-refractivity contribution in [2.75, 3.05) is 19.0 Å². The third-order valence-electron chi connectivity index (χ3n) is 2.43. The molecule has 0 unspecified atom stereocenters. The maximum absolute atomic E-state index is 5.95. The summed E-state index contributed by atoms with van der Waals surface area (Å²) in [5.41, 5.74) is 0.927. The minimum Gasteiger partial charge on any atom is -0.383 e. The molecule has 4 nitrogen and oxygen atoms in total. The Bertz CT molecular complexity index is 530. The fourth-order valence-corrected chi connectivity index (χ4v) is 2.00. The van der Waals surface area contributed by atoms with Crippen molar-refractivity contribution in [3.05, 3.63) is 40.1 Å². The molecule has 0 aliphatic carbocycles. The maximum atomic E-state index is 5.95. The van der Waals surface area contributed by atoms with Gasteiger partial charge in [-0.05, 0) is 34.1 Å². The molecule has 1 aromatic carbocycles. The molecule has 0 saturated carbocycles. The molecule has 0 radical (unpaired) electrons. The highest BCUT2D eigenvalue weighted by Gasteiger charge is 2.04. The number of hydrogen-bond donors (Lipinski definition) is 1. The van der Waals surface area contributed by atoms with Crippen LogP contribution in [-0.4, -0.2) is 23.3 Å². The highest BCUT2D eigenvalue weighted by molar-refractivity contribution is 9.10. The van der Waals surface area contributed by atoms with Crippen LogP contribution in [0.25, 0.3) is 0 Å². The maximum Gasteiger partial charge on any atom is 0.207 e. The summed E-state index contributed by atoms with van der Waals surface area (Å²) in [5.74, 6) is 0.779. The van der Waals surface area contributed by atoms with Crippen LogP contribution in [0.3, 0.4) is 0 Å². The summed E-state index contributed by atoms with van der Waals surface area (Å²) in [6, 6.07) is 5.65. The normalized spacial score (nSPS) is 10.6. The van der Waals surface area contributed by atoms with E-state index in [1.807, 2.05) is 29.0 Å². The van der Waals surface area contributed by atoms with Gasteiger partial charge in [-0.2, -0.15) is 0 Å². The molecule has 0 atom stereocenters. The molecule has 0 saturated heterocycles. The summed E-state index contributed by atoms with van der Waals surface area (Å²) >= 11 is 9.34. The van der Waals surface area contributed by atoms with E-state index in [2.05, 4.69) is 26.2 Å². The molecule has 0 fully saturated rings. The summed E-state index contributed by atoms with van der Waals surface area (Å²) in [7, 11) is 1.68. The molecular formula is C12H13BrClN3O. The third-order valence-corrected chi connectivity index (χ3v) is 3.64. The monoisotopic (exact) mass is 329 g/mol. The van der Waals surface area contributed by atoms with Gasteiger partial charge in [0, 0.05) is 36.2 Å². The molecule has 1 aromatic heterocycles. The van der Waals surface area contributed by atoms with Gasteiger partial charge in [0.15, 0.2) is 0 Å². The Morgan fingerprint density at radius 2 is 2.33 bits per heavy atom. The Morgan fingerprint density at radius 3 is 3.06 bits per heavy atom. The number of hydrogen-bond acceptors (Lipinski definition) is 3. The summed E-state index contributed by atoms with van der Waals surface area (Å²) in [5, 5.41) is 3.92. The van der Waals surface area contributed by atoms with Crippen molar-refractivity contribution in [1.29, 1.82) is 0 Å². The van der Waals surface area contributed by atoms with Crippen LogP contribution in [0.5, 0.6) is 0 Å². The molecule has 1 heterocycles. The first kappa shape index (κ1) is 13.4. The number of nitrogens with one attached hydrogen (secondary N) is 1. The first-order chi connectivity index (χ1) is 8.70. The summed E-state index contributed by atoms with van der Waals surface area (Å²) in [6.07, 6.45) is 3.66. The predicted octanol–water partition coefficient (Wildman–Crippen LogP) is 3.69. The fourth-order valence-electron chi connectivity index (χ4n) is 1.51. The van der Waals surface area contributed by atoms with Crippen LogP contribution in [0.1, 0.15) is 0 Å². The van der Waals surface area contributed by atoms with E-state index in [1.54, 1.807) is 13.3 Å². The number of benzene rings is 1. The molecule has 2 aromatic rings. The van der Waals surface area contributed by atoms with Gasteiger partial charge in [0.2, 0.25) is 5.95 Å². The van der Waals surface area contributed by atoms with Crippen molar-refractivity contribution in [3.8, 4) is 0 Å². The van der Waals surface area contributed by atoms with E-state index < -0.39 is 0 Å². The van der Waals surface area contributed by atoms with Gasteiger partial charge in [0.05, 0.1) is 11.6 Å². The summed E-state index contributed by atoms with van der Waals surface area (Å²) < 4.78 is 7.90. The predicted molar refractivity (Wildman–Crippen MR) is 76.5 cm³/mol. The van der Waals surface area contributed by atoms with Gasteiger partial charge >= 0.3 is 0 Å². The molecule has 0 amide bonds. The number of halogens is 2. The van der Waals surface area contributed by atoms with Crippen molar-refractivity contribution in [1.82, 2.24) is 9.55 Å². The first-order valence-corrected chi connectivity index (χ1v) is 6.60. The largest absolute Gasteiger partial charge is 0.383 e. The second-order valence-electron chi connectivity index (χ2n) is 3.69. The number of imidazole rings is 1. The van der Waals surface area contributed by atoms with Crippen LogP contribution in [-0.2, 0) is 11.3 Å². The lowest BCUT2D eigenvalue weighted by Gasteiger charge is -2.10. The third kappa shape index (κ3) is 3.25. The highest BCUT2D eigenvalue weighted by Crippen LogP contribution is 2.26. The average molecular weight is 331 g/mol. The zero-order valence-electron chi connectivity index (χ0n) is 9.86. The van der Waals surface area contributed by atoms with E-state index in [9.17, 15) is 0 Å². The lowest BCUT2D eigenvalue weighted by molar-refractivity contribution is 0.188. The Morgan fingerprint density at radius 1 is 1.50 bits per heavy atom. The second kappa shape index (κ2) is 6.22. The first-order valence-electron chi connectivity index (χ1n) is 5.43. The second-order valence-corrected chi connectivity index (χ2v) is 4.95. The molecule has 2 rings (SSSR count). The van der Waals surface area contributed by atoms with Crippen LogP contribution in [0, 0.1) is 0 Å². The highest BCUT2D eigenvalue weighted by atomic mass is 79.9. The van der Waals surface area contributed by atoms with Gasteiger partial charge in [0.1, 0.15) is 0 Å². The van der Waals surface area contributed by atoms with E-state index >= 15 is 0 Å². The van der Waals surface area contributed by atoms with Crippen LogP contribution in [0.4, 0.5) is 11.6 Å². The minimum atomic E-state index is 0.648. The Kier molecular flexibility index (Phi) is 4.63. The number of rotatable bonds is 5. The van der Waals surface area contributed by atoms with E-state index in [4.69, 9.17) is 16.3 Å². The van der Waals surface area contributed by atoms with Crippen LogP contribution >= 0.6 is 27.5 Å². The summed E-state index contributed by atoms with van der Waals surface area (Å²) in [6.45, 7) is 1.41. The standard InChI is InChI=1S/C12H13BrClN3O/c1-18-7-6-17-5-4-15-12(17)16-9-2-3-11(14)10(13)8-9/h2-5,8H,6-7H2,1H3,(H,15,16). The SMILES string of the molecule is COCCn1ccnc1Nc1ccc(Cl)c(Br)c1. The molecular weight excluding hydrogens is 318 g/mol. The molecule has 6 heteroatoms. The lowest BCUT2D eigenvalue weighted by atomic mass is 10.3. The number of nitrogens with zero attached hydrogens (tertiary/aromatic N) is 2. The molecule has 0 aliphatic heterocycles. The van der Waals surface area contributed by atoms with E-state index in [0.29, 0.717) is 11.6 Å². The van der Waals surface area contributed by atoms with Crippen LogP contribution in [0.15, 0.2) is 35.1 Å². The zero-order valence-corrected chi connectivity index (χ0v) is 12.2. The van der Waals surface area contributed by atoms with Crippen LogP contribution < -0.4 is 5.32 Å². The van der Waals surface area contributed by atoms with Gasteiger partial charge in [-0.1, -0.05) is 11.6 Å². The van der Waals surface area contributed by atoms with Gasteiger partial charge in [-0.25, -0.2) is 4.98 Å². The number of ether oxygens (including phenoxy) is 1. The number of aromatic nitrogens is 2. The molecule has 0 aliphatic rings. The Labute approximate surface area is 119 Å². The van der Waals surface area contributed by atoms with Crippen molar-refractivity contribution < 1.29 is 4.74 Å². The summed E-state index contributed by atoms with van der Waals surface area (Å²) in [4.78, 5) is 4.26. The Hall–Kier alpha value is -1.04. The fraction of sp³-hybridized carbons (Fsp3) is 0.250. The van der Waals surface area contributed by atoms with Gasteiger partial charge in [-0.15, -0.1) is 0 Å². The Balaban J connectivity index is 2.13. The van der Waals surface area contributed by atoms with Crippen molar-refractivity contribution in [2.24, 2.45) is 0 Å². The van der Waals surface area contributed by atoms with Gasteiger partial charge in [0.25, 0.3) is 0 Å². The minimum absolute atomic E-state index is 0.648. The molecule has 0 spiro atoms. The topological polar surface area (TPSA) is 39.1 Å². The number of methoxy groups -OCH3 is 1. The smallest absolute Gasteiger partial charge is 0.207 e. The van der Waals surface area contributed by atoms with Crippen molar-refractivity contribution in [2.45, 2.75) is 6.54 Å². The van der Waals surface area contributed by atoms with Crippen molar-refractivity contribution >= 4 is 39.2 Å². The van der Waals surface area contributed by atoms with Gasteiger partial charge in [-0.3, -0.25) is 0 Å². The quantitative estimate of drug-likeness (QED) is 0.909. The lowest BCUT2D eigenvalue weighted by Crippen LogP contribution is -2.07. The van der Waals surface area contributed by atoms with Crippen LogP contribution in [0.2, 0.25) is 5.02 Å². The molecule has 1 N–H and O–H groups in total. The van der Waals surface area contributed by atoms with Gasteiger partial charge < -0.3 is 14.6 Å². The molecule has 96 valence electrons. The zero-order chi connectivity index (χ0) is 13.0. The molecule has 18 heavy (non-hydrogen) atoms.